The summed E-state index contributed by atoms with van der Waals surface area (Å²) in [5.74, 6) is -0.379. The van der Waals surface area contributed by atoms with Crippen LogP contribution >= 0.6 is 11.6 Å². The minimum absolute atomic E-state index is 0.168. The number of nitrogens with zero attached hydrogens (tertiary/aromatic N) is 3. The van der Waals surface area contributed by atoms with Crippen molar-refractivity contribution in [1.29, 1.82) is 0 Å². The lowest BCUT2D eigenvalue weighted by Gasteiger charge is -2.16. The van der Waals surface area contributed by atoms with Gasteiger partial charge in [-0.2, -0.15) is 0 Å². The number of nitrogens with one attached hydrogen (secondary N) is 1. The Bertz CT molecular complexity index is 896. The van der Waals surface area contributed by atoms with Crippen LogP contribution in [0.1, 0.15) is 21.7 Å². The lowest BCUT2D eigenvalue weighted by atomic mass is 10.1. The van der Waals surface area contributed by atoms with Crippen LogP contribution in [0.2, 0.25) is 5.02 Å². The summed E-state index contributed by atoms with van der Waals surface area (Å²) in [5, 5.41) is 21.0. The van der Waals surface area contributed by atoms with Crippen LogP contribution in [0.5, 0.6) is 0 Å². The van der Waals surface area contributed by atoms with E-state index >= 15 is 0 Å². The summed E-state index contributed by atoms with van der Waals surface area (Å²) >= 11 is 6.19. The third-order valence-corrected chi connectivity index (χ3v) is 4.39. The Kier molecular flexibility index (Phi) is 5.65. The average Bonchev–Trinajstić information content (AvgIpc) is 3.04. The van der Waals surface area contributed by atoms with Crippen LogP contribution in [-0.2, 0) is 6.42 Å². The molecule has 2 N–H and O–H groups in total. The number of rotatable bonds is 6. The molecule has 0 fully saturated rings. The smallest absolute Gasteiger partial charge is 0.274 e. The van der Waals surface area contributed by atoms with E-state index in [9.17, 15) is 9.90 Å². The summed E-state index contributed by atoms with van der Waals surface area (Å²) in [7, 11) is 0. The van der Waals surface area contributed by atoms with E-state index in [0.717, 1.165) is 5.56 Å². The van der Waals surface area contributed by atoms with Crippen LogP contribution in [0.4, 0.5) is 0 Å². The molecule has 134 valence electrons. The number of hydrogen-bond acceptors (Lipinski definition) is 4. The van der Waals surface area contributed by atoms with Crippen molar-refractivity contribution < 1.29 is 9.90 Å². The van der Waals surface area contributed by atoms with Crippen LogP contribution in [0.15, 0.2) is 54.6 Å². The van der Waals surface area contributed by atoms with Crippen LogP contribution in [-0.4, -0.2) is 38.7 Å². The number of amides is 1. The molecule has 0 aliphatic heterocycles. The van der Waals surface area contributed by atoms with Crippen molar-refractivity contribution >= 4 is 17.5 Å². The van der Waals surface area contributed by atoms with E-state index in [0.29, 0.717) is 22.8 Å². The Labute approximate surface area is 156 Å². The molecule has 26 heavy (non-hydrogen) atoms. The summed E-state index contributed by atoms with van der Waals surface area (Å²) in [4.78, 5) is 12.6. The van der Waals surface area contributed by atoms with E-state index in [1.807, 2.05) is 42.5 Å². The second-order valence-electron chi connectivity index (χ2n) is 5.93. The Morgan fingerprint density at radius 1 is 1.19 bits per heavy atom. The quantitative estimate of drug-likeness (QED) is 0.698. The number of carbonyl (C=O) groups excluding carboxylic acids is 1. The van der Waals surface area contributed by atoms with Crippen molar-refractivity contribution in [3.05, 3.63) is 76.6 Å². The minimum Gasteiger partial charge on any atom is -0.394 e. The van der Waals surface area contributed by atoms with Crippen LogP contribution in [0.25, 0.3) is 5.69 Å². The van der Waals surface area contributed by atoms with Gasteiger partial charge in [0.25, 0.3) is 5.91 Å². The molecule has 0 radical (unpaired) electrons. The molecular formula is C19H19ClN4O2. The molecule has 0 spiro atoms. The Morgan fingerprint density at radius 2 is 1.88 bits per heavy atom. The number of aliphatic hydroxyl groups is 1. The predicted octanol–water partition coefficient (Wildman–Crippen LogP) is 2.56. The van der Waals surface area contributed by atoms with E-state index in [2.05, 4.69) is 15.6 Å². The van der Waals surface area contributed by atoms with Gasteiger partial charge in [0.2, 0.25) is 0 Å². The van der Waals surface area contributed by atoms with Gasteiger partial charge in [0.1, 0.15) is 0 Å². The van der Waals surface area contributed by atoms with E-state index in [1.165, 1.54) is 4.68 Å². The number of benzene rings is 2. The van der Waals surface area contributed by atoms with Gasteiger partial charge in [0.15, 0.2) is 5.69 Å². The van der Waals surface area contributed by atoms with Gasteiger partial charge in [0.05, 0.1) is 29.1 Å². The number of hydrogen-bond donors (Lipinski definition) is 2. The van der Waals surface area contributed by atoms with Gasteiger partial charge < -0.3 is 10.4 Å². The fraction of sp³-hybridized carbons (Fsp3) is 0.211. The standard InChI is InChI=1S/C19H19ClN4O2/c1-13-18(22-23-24(13)17-10-6-5-9-16(17)20)19(26)21-15(12-25)11-14-7-3-2-4-8-14/h2-10,15,25H,11-12H2,1H3,(H,21,26)/t15-/m0/s1. The third kappa shape index (κ3) is 3.92. The van der Waals surface area contributed by atoms with Gasteiger partial charge in [-0.1, -0.05) is 59.3 Å². The van der Waals surface area contributed by atoms with Crippen molar-refractivity contribution in [3.63, 3.8) is 0 Å². The fourth-order valence-corrected chi connectivity index (χ4v) is 2.92. The summed E-state index contributed by atoms with van der Waals surface area (Å²) in [6.07, 6.45) is 0.529. The maximum Gasteiger partial charge on any atom is 0.274 e. The number of aliphatic hydroxyl groups excluding tert-OH is 1. The number of carbonyl (C=O) groups is 1. The van der Waals surface area contributed by atoms with Gasteiger partial charge in [-0.05, 0) is 31.0 Å². The number of aromatic nitrogens is 3. The van der Waals surface area contributed by atoms with Crippen LogP contribution in [0.3, 0.4) is 0 Å². The SMILES string of the molecule is Cc1c(C(=O)N[C@H](CO)Cc2ccccc2)nnn1-c1ccccc1Cl. The highest BCUT2D eigenvalue weighted by molar-refractivity contribution is 6.32. The molecule has 0 saturated heterocycles. The first-order chi connectivity index (χ1) is 12.6. The summed E-state index contributed by atoms with van der Waals surface area (Å²) in [5.41, 5.74) is 2.47. The lowest BCUT2D eigenvalue weighted by Crippen LogP contribution is -2.39. The maximum atomic E-state index is 12.6. The second-order valence-corrected chi connectivity index (χ2v) is 6.34. The Hall–Kier alpha value is -2.70. The van der Waals surface area contributed by atoms with E-state index in [-0.39, 0.29) is 18.2 Å². The van der Waals surface area contributed by atoms with Gasteiger partial charge >= 0.3 is 0 Å². The van der Waals surface area contributed by atoms with Crippen LogP contribution < -0.4 is 5.32 Å². The molecule has 1 atom stereocenters. The predicted molar refractivity (Wildman–Crippen MR) is 99.6 cm³/mol. The Balaban J connectivity index is 1.77. The zero-order chi connectivity index (χ0) is 18.5. The van der Waals surface area contributed by atoms with Crippen LogP contribution in [0, 0.1) is 6.92 Å². The summed E-state index contributed by atoms with van der Waals surface area (Å²) < 4.78 is 1.53. The van der Waals surface area contributed by atoms with Crippen molar-refractivity contribution in [3.8, 4) is 5.69 Å². The molecule has 0 aliphatic rings. The normalized spacial score (nSPS) is 12.0. The fourth-order valence-electron chi connectivity index (χ4n) is 2.70. The highest BCUT2D eigenvalue weighted by atomic mass is 35.5. The van der Waals surface area contributed by atoms with Gasteiger partial charge in [-0.15, -0.1) is 5.10 Å². The zero-order valence-corrected chi connectivity index (χ0v) is 15.0. The van der Waals surface area contributed by atoms with Crippen molar-refractivity contribution in [1.82, 2.24) is 20.3 Å². The lowest BCUT2D eigenvalue weighted by molar-refractivity contribution is 0.0910. The van der Waals surface area contributed by atoms with Crippen molar-refractivity contribution in [2.75, 3.05) is 6.61 Å². The molecule has 3 rings (SSSR count). The summed E-state index contributed by atoms with van der Waals surface area (Å²) in [6, 6.07) is 16.5. The molecule has 1 amide bonds. The largest absolute Gasteiger partial charge is 0.394 e. The van der Waals surface area contributed by atoms with Gasteiger partial charge in [-0.3, -0.25) is 4.79 Å². The number of para-hydroxylation sites is 1. The van der Waals surface area contributed by atoms with E-state index in [4.69, 9.17) is 11.6 Å². The molecule has 6 nitrogen and oxygen atoms in total. The second kappa shape index (κ2) is 8.12. The molecule has 1 aromatic heterocycles. The van der Waals surface area contributed by atoms with E-state index < -0.39 is 6.04 Å². The molecule has 0 unspecified atom stereocenters. The first kappa shape index (κ1) is 18.1. The highest BCUT2D eigenvalue weighted by Crippen LogP contribution is 2.21. The first-order valence-corrected chi connectivity index (χ1v) is 8.60. The summed E-state index contributed by atoms with van der Waals surface area (Å²) in [6.45, 7) is 1.59. The van der Waals surface area contributed by atoms with Gasteiger partial charge in [0, 0.05) is 0 Å². The molecule has 0 saturated carbocycles. The Morgan fingerprint density at radius 3 is 2.58 bits per heavy atom. The molecule has 7 heteroatoms. The highest BCUT2D eigenvalue weighted by Gasteiger charge is 2.21. The maximum absolute atomic E-state index is 12.6. The molecule has 0 bridgehead atoms. The first-order valence-electron chi connectivity index (χ1n) is 8.23. The number of halogens is 1. The van der Waals surface area contributed by atoms with Crippen molar-refractivity contribution in [2.24, 2.45) is 0 Å². The molecule has 2 aromatic carbocycles. The molecule has 3 aromatic rings. The van der Waals surface area contributed by atoms with Crippen molar-refractivity contribution in [2.45, 2.75) is 19.4 Å². The zero-order valence-electron chi connectivity index (χ0n) is 14.3. The minimum atomic E-state index is -0.408. The van der Waals surface area contributed by atoms with E-state index in [1.54, 1.807) is 19.1 Å². The molecular weight excluding hydrogens is 352 g/mol. The molecule has 1 heterocycles. The molecule has 0 aliphatic carbocycles. The van der Waals surface area contributed by atoms with Gasteiger partial charge in [-0.25, -0.2) is 4.68 Å². The third-order valence-electron chi connectivity index (χ3n) is 4.07. The topological polar surface area (TPSA) is 80.0 Å². The monoisotopic (exact) mass is 370 g/mol. The average molecular weight is 371 g/mol.